The molecule has 5 rings (SSSR count). The van der Waals surface area contributed by atoms with Gasteiger partial charge >= 0.3 is 5.97 Å². The Kier molecular flexibility index (Phi) is 4.19. The number of benzene rings is 1. The number of piperidine rings is 1. The number of aromatic nitrogens is 1. The van der Waals surface area contributed by atoms with Crippen LogP contribution in [0.5, 0.6) is 5.75 Å². The lowest BCUT2D eigenvalue weighted by Crippen LogP contribution is -2.41. The lowest BCUT2D eigenvalue weighted by atomic mass is 9.93. The molecule has 10 heteroatoms. The highest BCUT2D eigenvalue weighted by atomic mass is 19.1. The molecule has 1 aliphatic carbocycles. The van der Waals surface area contributed by atoms with E-state index in [1.165, 1.54) is 11.2 Å². The molecule has 2 N–H and O–H groups in total. The van der Waals surface area contributed by atoms with E-state index in [9.17, 15) is 24.7 Å². The maximum Gasteiger partial charge on any atom is 0.341 e. The fraction of sp³-hybridized carbons (Fsp3) is 0.500. The Hall–Kier alpha value is -3.17. The summed E-state index contributed by atoms with van der Waals surface area (Å²) in [7, 11) is 0. The van der Waals surface area contributed by atoms with Crippen LogP contribution in [0, 0.1) is 16.6 Å². The number of aromatic carboxylic acids is 1. The van der Waals surface area contributed by atoms with Crippen molar-refractivity contribution in [3.05, 3.63) is 38.8 Å². The van der Waals surface area contributed by atoms with Crippen LogP contribution in [0.2, 0.25) is 0 Å². The number of carbonyl (C=O) groups is 1. The molecule has 1 aromatic heterocycles. The number of aromatic hydroxyl groups is 1. The van der Waals surface area contributed by atoms with Crippen LogP contribution < -0.4 is 10.3 Å². The highest BCUT2D eigenvalue weighted by molar-refractivity contribution is 5.97. The van der Waals surface area contributed by atoms with Crippen molar-refractivity contribution in [2.45, 2.75) is 37.8 Å². The Labute approximate surface area is 170 Å². The third-order valence-electron chi connectivity index (χ3n) is 6.56. The molecule has 3 heterocycles. The number of carboxylic acids is 1. The summed E-state index contributed by atoms with van der Waals surface area (Å²) in [6, 6.07) is 0.840. The molecule has 0 radical (unpaired) electrons. The summed E-state index contributed by atoms with van der Waals surface area (Å²) in [5, 5.41) is 24.9. The van der Waals surface area contributed by atoms with E-state index in [1.54, 1.807) is 9.47 Å². The van der Waals surface area contributed by atoms with E-state index in [1.807, 2.05) is 0 Å². The highest BCUT2D eigenvalue weighted by Gasteiger charge is 2.41. The van der Waals surface area contributed by atoms with Gasteiger partial charge in [-0.2, -0.15) is 0 Å². The van der Waals surface area contributed by atoms with Crippen LogP contribution in [0.1, 0.15) is 42.1 Å². The number of hydrogen-bond acceptors (Lipinski definition) is 6. The van der Waals surface area contributed by atoms with Crippen LogP contribution in [0.4, 0.5) is 10.1 Å². The van der Waals surface area contributed by atoms with E-state index < -0.39 is 22.8 Å². The molecule has 158 valence electrons. The number of fused-ring (bicyclic) bond motifs is 2. The molecular formula is C20H21FN4O5. The predicted molar refractivity (Wildman–Crippen MR) is 106 cm³/mol. The number of carboxylic acid groups (broad SMARTS) is 1. The molecule has 0 bridgehead atoms. The number of phenols is 1. The van der Waals surface area contributed by atoms with E-state index >= 15 is 4.39 Å². The molecule has 2 saturated heterocycles. The van der Waals surface area contributed by atoms with Crippen molar-refractivity contribution in [2.24, 2.45) is 11.2 Å². The monoisotopic (exact) mass is 416 g/mol. The van der Waals surface area contributed by atoms with Crippen molar-refractivity contribution in [3.8, 4) is 5.75 Å². The van der Waals surface area contributed by atoms with Gasteiger partial charge in [-0.25, -0.2) is 9.18 Å². The molecule has 3 aliphatic rings. The standard InChI is InChI=1S/C20H21FN4O5/c21-14-6-12-16(24(11-3-4-11)8-13(18(12)26)20(28)29)19(27)17(14)23-7-10-2-1-5-25(22-30)15(10)9-23/h6,8,10-11,15,27H,1-5,7,9H2,(H,28,29)/t10-,15+/m0/s1. The Morgan fingerprint density at radius 1 is 1.23 bits per heavy atom. The largest absolute Gasteiger partial charge is 0.504 e. The Morgan fingerprint density at radius 3 is 2.67 bits per heavy atom. The van der Waals surface area contributed by atoms with Crippen LogP contribution in [0.25, 0.3) is 10.9 Å². The molecule has 9 nitrogen and oxygen atoms in total. The molecule has 0 unspecified atom stereocenters. The first kappa shape index (κ1) is 18.8. The van der Waals surface area contributed by atoms with Gasteiger partial charge in [0.25, 0.3) is 0 Å². The van der Waals surface area contributed by atoms with Crippen LogP contribution in [0.15, 0.2) is 22.3 Å². The third-order valence-corrected chi connectivity index (χ3v) is 6.56. The maximum absolute atomic E-state index is 15.2. The molecular weight excluding hydrogens is 395 g/mol. The molecule has 1 aromatic carbocycles. The average Bonchev–Trinajstić information content (AvgIpc) is 3.46. The fourth-order valence-electron chi connectivity index (χ4n) is 4.99. The van der Waals surface area contributed by atoms with Gasteiger partial charge in [0.1, 0.15) is 11.3 Å². The van der Waals surface area contributed by atoms with E-state index in [4.69, 9.17) is 0 Å². The summed E-state index contributed by atoms with van der Waals surface area (Å²) in [6.07, 6.45) is 4.53. The van der Waals surface area contributed by atoms with Crippen molar-refractivity contribution < 1.29 is 19.4 Å². The Balaban J connectivity index is 1.67. The molecule has 1 saturated carbocycles. The smallest absolute Gasteiger partial charge is 0.341 e. The fourth-order valence-corrected chi connectivity index (χ4v) is 4.99. The zero-order valence-corrected chi connectivity index (χ0v) is 16.1. The van der Waals surface area contributed by atoms with Crippen LogP contribution in [-0.2, 0) is 0 Å². The number of phenolic OH excluding ortho intramolecular Hbond substituents is 1. The summed E-state index contributed by atoms with van der Waals surface area (Å²) in [4.78, 5) is 37.0. The second kappa shape index (κ2) is 6.68. The van der Waals surface area contributed by atoms with Crippen molar-refractivity contribution >= 4 is 22.6 Å². The minimum Gasteiger partial charge on any atom is -0.504 e. The first-order valence-electron chi connectivity index (χ1n) is 10.1. The summed E-state index contributed by atoms with van der Waals surface area (Å²) in [5.41, 5.74) is -1.12. The van der Waals surface area contributed by atoms with Gasteiger partial charge in [-0.3, -0.25) is 9.80 Å². The molecule has 0 amide bonds. The highest BCUT2D eigenvalue weighted by Crippen LogP contribution is 2.45. The van der Waals surface area contributed by atoms with Gasteiger partial charge in [-0.15, -0.1) is 4.91 Å². The summed E-state index contributed by atoms with van der Waals surface area (Å²) in [6.45, 7) is 1.37. The van der Waals surface area contributed by atoms with E-state index in [-0.39, 0.29) is 40.3 Å². The number of hydrogen-bond donors (Lipinski definition) is 2. The zero-order chi connectivity index (χ0) is 21.2. The topological polar surface area (TPSA) is 115 Å². The number of rotatable bonds is 4. The van der Waals surface area contributed by atoms with Gasteiger partial charge in [-0.1, -0.05) is 0 Å². The molecule has 30 heavy (non-hydrogen) atoms. The second-order valence-electron chi connectivity index (χ2n) is 8.39. The van der Waals surface area contributed by atoms with Crippen molar-refractivity contribution in [1.29, 1.82) is 0 Å². The molecule has 2 aromatic rings. The van der Waals surface area contributed by atoms with E-state index in [0.29, 0.717) is 19.6 Å². The lowest BCUT2D eigenvalue weighted by molar-refractivity contribution is 0.0694. The summed E-state index contributed by atoms with van der Waals surface area (Å²) < 4.78 is 16.7. The van der Waals surface area contributed by atoms with Crippen molar-refractivity contribution in [1.82, 2.24) is 9.58 Å². The quantitative estimate of drug-likeness (QED) is 0.736. The molecule has 0 spiro atoms. The summed E-state index contributed by atoms with van der Waals surface area (Å²) in [5.74, 6) is -2.40. The summed E-state index contributed by atoms with van der Waals surface area (Å²) >= 11 is 0. The van der Waals surface area contributed by atoms with Gasteiger partial charge in [0, 0.05) is 37.8 Å². The van der Waals surface area contributed by atoms with Crippen LogP contribution in [-0.4, -0.2) is 51.4 Å². The number of nitroso groups, excluding NO2 is 1. The minimum atomic E-state index is -1.38. The van der Waals surface area contributed by atoms with Gasteiger partial charge in [0.05, 0.1) is 22.2 Å². The normalized spacial score (nSPS) is 23.6. The third kappa shape index (κ3) is 2.73. The van der Waals surface area contributed by atoms with Crippen molar-refractivity contribution in [3.63, 3.8) is 0 Å². The van der Waals surface area contributed by atoms with Gasteiger partial charge < -0.3 is 19.7 Å². The Bertz CT molecular complexity index is 1130. The maximum atomic E-state index is 15.2. The van der Waals surface area contributed by atoms with Gasteiger partial charge in [-0.05, 0) is 31.7 Å². The average molecular weight is 416 g/mol. The first-order chi connectivity index (χ1) is 14.4. The number of pyridine rings is 1. The first-order valence-corrected chi connectivity index (χ1v) is 10.1. The van der Waals surface area contributed by atoms with Crippen LogP contribution in [0.3, 0.4) is 0 Å². The number of halogens is 1. The second-order valence-corrected chi connectivity index (χ2v) is 8.39. The van der Waals surface area contributed by atoms with Gasteiger partial charge in [0.15, 0.2) is 11.6 Å². The van der Waals surface area contributed by atoms with E-state index in [2.05, 4.69) is 5.29 Å². The van der Waals surface area contributed by atoms with Crippen molar-refractivity contribution in [2.75, 3.05) is 24.5 Å². The lowest BCUT2D eigenvalue weighted by Gasteiger charge is -2.31. The SMILES string of the molecule is O=NN1CCC[C@H]2CN(c3c(F)cc4c(=O)c(C(=O)O)cn(C5CC5)c4c3O)C[C@H]21. The predicted octanol–water partition coefficient (Wildman–Crippen LogP) is 2.46. The molecule has 3 fully saturated rings. The van der Waals surface area contributed by atoms with Gasteiger partial charge in [0.2, 0.25) is 5.43 Å². The van der Waals surface area contributed by atoms with E-state index in [0.717, 1.165) is 31.7 Å². The Morgan fingerprint density at radius 2 is 2.00 bits per heavy atom. The minimum absolute atomic E-state index is 0.0142. The molecule has 2 atom stereocenters. The number of nitrogens with zero attached hydrogens (tertiary/aromatic N) is 4. The van der Waals surface area contributed by atoms with Crippen LogP contribution >= 0.6 is 0 Å². The molecule has 2 aliphatic heterocycles. The zero-order valence-electron chi connectivity index (χ0n) is 16.1. The number of anilines is 1.